The molecule has 0 aromatic carbocycles. The molecule has 2 aliphatic heterocycles. The van der Waals surface area contributed by atoms with Gasteiger partial charge in [-0.1, -0.05) is 0 Å². The zero-order valence-corrected chi connectivity index (χ0v) is 11.8. The van der Waals surface area contributed by atoms with E-state index in [0.717, 1.165) is 31.8 Å². The summed E-state index contributed by atoms with van der Waals surface area (Å²) in [6.45, 7) is 4.93. The number of aromatic nitrogens is 1. The Balaban J connectivity index is 1.74. The summed E-state index contributed by atoms with van der Waals surface area (Å²) in [5, 5.41) is 0. The average molecular weight is 268 g/mol. The average Bonchev–Trinajstić information content (AvgIpc) is 2.95. The van der Waals surface area contributed by atoms with Crippen LogP contribution in [0.4, 0.5) is 0 Å². The van der Waals surface area contributed by atoms with Crippen LogP contribution in [0.2, 0.25) is 0 Å². The predicted molar refractivity (Wildman–Crippen MR) is 70.8 cm³/mol. The predicted octanol–water partition coefficient (Wildman–Crippen LogP) is 1.83. The highest BCUT2D eigenvalue weighted by atomic mass is 32.1. The van der Waals surface area contributed by atoms with Crippen molar-refractivity contribution in [2.24, 2.45) is 0 Å². The molecule has 0 unspecified atom stereocenters. The Hall–Kier alpha value is -0.490. The second-order valence-electron chi connectivity index (χ2n) is 5.11. The maximum absolute atomic E-state index is 5.91. The number of rotatable bonds is 3. The van der Waals surface area contributed by atoms with Gasteiger partial charge in [-0.05, 0) is 19.8 Å². The fourth-order valence-electron chi connectivity index (χ4n) is 3.06. The van der Waals surface area contributed by atoms with Gasteiger partial charge in [0.15, 0.2) is 0 Å². The Kier molecular flexibility index (Phi) is 3.66. The van der Waals surface area contributed by atoms with Gasteiger partial charge < -0.3 is 9.47 Å². The Morgan fingerprint density at radius 3 is 3.22 bits per heavy atom. The molecule has 0 saturated carbocycles. The molecule has 0 bridgehead atoms. The zero-order valence-electron chi connectivity index (χ0n) is 11.0. The molecule has 3 heterocycles. The first-order valence-corrected chi connectivity index (χ1v) is 7.45. The summed E-state index contributed by atoms with van der Waals surface area (Å²) in [7, 11) is 1.79. The molecule has 5 heteroatoms. The van der Waals surface area contributed by atoms with Gasteiger partial charge in [-0.25, -0.2) is 4.98 Å². The Morgan fingerprint density at radius 1 is 1.61 bits per heavy atom. The molecule has 3 rings (SSSR count). The van der Waals surface area contributed by atoms with Crippen LogP contribution in [0.3, 0.4) is 0 Å². The molecule has 2 aliphatic rings. The fraction of sp³-hybridized carbons (Fsp3) is 0.769. The molecule has 0 amide bonds. The maximum Gasteiger partial charge on any atom is 0.100 e. The van der Waals surface area contributed by atoms with E-state index < -0.39 is 0 Å². The van der Waals surface area contributed by atoms with Gasteiger partial charge in [-0.3, -0.25) is 4.90 Å². The Morgan fingerprint density at radius 2 is 2.50 bits per heavy atom. The van der Waals surface area contributed by atoms with Crippen LogP contribution < -0.4 is 0 Å². The smallest absolute Gasteiger partial charge is 0.100 e. The number of nitrogens with zero attached hydrogens (tertiary/aromatic N) is 2. The molecule has 0 radical (unpaired) electrons. The van der Waals surface area contributed by atoms with Crippen LogP contribution in [-0.4, -0.2) is 48.4 Å². The van der Waals surface area contributed by atoms with E-state index in [9.17, 15) is 0 Å². The maximum atomic E-state index is 5.91. The van der Waals surface area contributed by atoms with Gasteiger partial charge in [0.05, 0.1) is 17.3 Å². The summed E-state index contributed by atoms with van der Waals surface area (Å²) in [5.41, 5.74) is 3.10. The van der Waals surface area contributed by atoms with Crippen molar-refractivity contribution in [2.45, 2.75) is 44.6 Å². The van der Waals surface area contributed by atoms with E-state index in [0.29, 0.717) is 6.04 Å². The first-order valence-electron chi connectivity index (χ1n) is 6.57. The number of hydrogen-bond acceptors (Lipinski definition) is 5. The molecule has 4 nitrogen and oxygen atoms in total. The molecular weight excluding hydrogens is 248 g/mol. The van der Waals surface area contributed by atoms with Gasteiger partial charge in [0.1, 0.15) is 6.10 Å². The number of methoxy groups -OCH3 is 1. The molecule has 0 spiro atoms. The Bertz CT molecular complexity index is 409. The van der Waals surface area contributed by atoms with Crippen molar-refractivity contribution in [3.63, 3.8) is 0 Å². The number of aryl methyl sites for hydroxylation is 1. The summed E-state index contributed by atoms with van der Waals surface area (Å²) in [5.74, 6) is 0. The molecule has 0 N–H and O–H groups in total. The van der Waals surface area contributed by atoms with Crippen molar-refractivity contribution < 1.29 is 9.47 Å². The summed E-state index contributed by atoms with van der Waals surface area (Å²) < 4.78 is 11.5. The van der Waals surface area contributed by atoms with Crippen molar-refractivity contribution in [3.8, 4) is 0 Å². The molecule has 100 valence electrons. The van der Waals surface area contributed by atoms with Gasteiger partial charge in [-0.15, -0.1) is 11.3 Å². The third-order valence-corrected chi connectivity index (χ3v) is 5.00. The molecule has 2 saturated heterocycles. The number of hydrogen-bond donors (Lipinski definition) is 0. The van der Waals surface area contributed by atoms with Crippen molar-refractivity contribution in [2.75, 3.05) is 20.3 Å². The fourth-order valence-corrected chi connectivity index (χ4v) is 3.86. The van der Waals surface area contributed by atoms with Gasteiger partial charge in [0.2, 0.25) is 0 Å². The minimum atomic E-state index is 0.225. The van der Waals surface area contributed by atoms with Crippen LogP contribution in [0.25, 0.3) is 0 Å². The number of ether oxygens (including phenoxy) is 2. The summed E-state index contributed by atoms with van der Waals surface area (Å²) >= 11 is 1.75. The zero-order chi connectivity index (χ0) is 12.5. The minimum absolute atomic E-state index is 0.225. The van der Waals surface area contributed by atoms with Crippen LogP contribution in [0.15, 0.2) is 5.51 Å². The van der Waals surface area contributed by atoms with Crippen LogP contribution >= 0.6 is 11.3 Å². The third-order valence-electron chi connectivity index (χ3n) is 4.08. The highest BCUT2D eigenvalue weighted by Crippen LogP contribution is 2.32. The molecule has 1 aromatic heterocycles. The van der Waals surface area contributed by atoms with Crippen molar-refractivity contribution in [1.29, 1.82) is 0 Å². The lowest BCUT2D eigenvalue weighted by Crippen LogP contribution is -2.41. The van der Waals surface area contributed by atoms with Gasteiger partial charge >= 0.3 is 0 Å². The molecular formula is C13H20N2O2S. The molecule has 1 aromatic rings. The topological polar surface area (TPSA) is 34.6 Å². The second kappa shape index (κ2) is 5.25. The lowest BCUT2D eigenvalue weighted by Gasteiger charge is -2.32. The lowest BCUT2D eigenvalue weighted by molar-refractivity contribution is -0.0655. The summed E-state index contributed by atoms with van der Waals surface area (Å²) in [6, 6.07) is 0.519. The van der Waals surface area contributed by atoms with E-state index in [1.54, 1.807) is 18.4 Å². The van der Waals surface area contributed by atoms with E-state index in [4.69, 9.17) is 9.47 Å². The highest BCUT2D eigenvalue weighted by molar-refractivity contribution is 7.09. The number of fused-ring (bicyclic) bond motifs is 1. The minimum Gasteiger partial charge on any atom is -0.377 e. The van der Waals surface area contributed by atoms with Crippen molar-refractivity contribution >= 4 is 11.3 Å². The van der Waals surface area contributed by atoms with E-state index in [1.807, 2.05) is 5.51 Å². The van der Waals surface area contributed by atoms with Gasteiger partial charge in [-0.2, -0.15) is 0 Å². The molecule has 2 fully saturated rings. The normalized spacial score (nSPS) is 32.7. The van der Waals surface area contributed by atoms with Gasteiger partial charge in [0, 0.05) is 37.7 Å². The molecule has 18 heavy (non-hydrogen) atoms. The van der Waals surface area contributed by atoms with E-state index in [2.05, 4.69) is 16.8 Å². The highest BCUT2D eigenvalue weighted by Gasteiger charge is 2.44. The van der Waals surface area contributed by atoms with Crippen LogP contribution in [-0.2, 0) is 16.0 Å². The summed E-state index contributed by atoms with van der Waals surface area (Å²) in [6.07, 6.45) is 2.87. The van der Waals surface area contributed by atoms with E-state index in [-0.39, 0.29) is 12.2 Å². The van der Waals surface area contributed by atoms with Crippen molar-refractivity contribution in [3.05, 3.63) is 16.1 Å². The Labute approximate surface area is 112 Å². The van der Waals surface area contributed by atoms with Gasteiger partial charge in [0.25, 0.3) is 0 Å². The quantitative estimate of drug-likeness (QED) is 0.837. The first kappa shape index (κ1) is 12.5. The second-order valence-corrected chi connectivity index (χ2v) is 6.05. The number of likely N-dealkylation sites (tertiary alicyclic amines) is 1. The lowest BCUT2D eigenvalue weighted by atomic mass is 10.0. The van der Waals surface area contributed by atoms with E-state index in [1.165, 1.54) is 11.3 Å². The van der Waals surface area contributed by atoms with Crippen LogP contribution in [0.1, 0.15) is 23.4 Å². The van der Waals surface area contributed by atoms with E-state index >= 15 is 0 Å². The third kappa shape index (κ3) is 2.20. The number of thiazole rings is 1. The molecule has 3 atom stereocenters. The van der Waals surface area contributed by atoms with Crippen LogP contribution in [0, 0.1) is 6.92 Å². The first-order chi connectivity index (χ1) is 8.79. The monoisotopic (exact) mass is 268 g/mol. The molecule has 0 aliphatic carbocycles. The van der Waals surface area contributed by atoms with Crippen molar-refractivity contribution in [1.82, 2.24) is 9.88 Å². The largest absolute Gasteiger partial charge is 0.377 e. The standard InChI is InChI=1S/C13H20N2O2S/c1-9-12(18-8-14-9)7-15-6-11(16-2)13-10(15)4-3-5-17-13/h8,10-11,13H,3-7H2,1-2H3/t10-,11+,13+/m1/s1. The summed E-state index contributed by atoms with van der Waals surface area (Å²) in [4.78, 5) is 8.22. The SMILES string of the molecule is CO[C@H]1CN(Cc2scnc2C)[C@@H]2CCCO[C@H]12. The van der Waals surface area contributed by atoms with Crippen LogP contribution in [0.5, 0.6) is 0 Å².